The van der Waals surface area contributed by atoms with E-state index in [9.17, 15) is 9.18 Å². The van der Waals surface area contributed by atoms with Gasteiger partial charge in [-0.25, -0.2) is 9.18 Å². The fourth-order valence-electron chi connectivity index (χ4n) is 3.55. The zero-order valence-corrected chi connectivity index (χ0v) is 14.8. The molecule has 5 heteroatoms. The fourth-order valence-corrected chi connectivity index (χ4v) is 3.55. The molecule has 25 heavy (non-hydrogen) atoms. The molecule has 4 nitrogen and oxygen atoms in total. The van der Waals surface area contributed by atoms with E-state index in [1.54, 1.807) is 6.07 Å². The predicted molar refractivity (Wildman–Crippen MR) is 97.8 cm³/mol. The number of rotatable bonds is 5. The van der Waals surface area contributed by atoms with Crippen LogP contribution in [0.3, 0.4) is 0 Å². The molecule has 0 radical (unpaired) electrons. The molecule has 0 saturated carbocycles. The van der Waals surface area contributed by atoms with E-state index in [0.29, 0.717) is 19.6 Å². The van der Waals surface area contributed by atoms with Crippen molar-refractivity contribution >= 4 is 6.03 Å². The Labute approximate surface area is 149 Å². The Kier molecular flexibility index (Phi) is 6.45. The lowest BCUT2D eigenvalue weighted by atomic mass is 9.97. The van der Waals surface area contributed by atoms with Gasteiger partial charge in [0, 0.05) is 44.8 Å². The number of nitrogens with zero attached hydrogens (tertiary/aromatic N) is 2. The van der Waals surface area contributed by atoms with Gasteiger partial charge in [0.05, 0.1) is 0 Å². The van der Waals surface area contributed by atoms with Crippen LogP contribution in [-0.4, -0.2) is 48.6 Å². The Hall–Kier alpha value is -1.88. The minimum absolute atomic E-state index is 0.0296. The number of allylic oxidation sites excluding steroid dienone is 1. The maximum absolute atomic E-state index is 13.7. The Balaban J connectivity index is 1.37. The van der Waals surface area contributed by atoms with Crippen LogP contribution in [0.5, 0.6) is 0 Å². The fraction of sp³-hybridized carbons (Fsp3) is 0.550. The minimum atomic E-state index is -0.153. The molecule has 1 aliphatic carbocycles. The average Bonchev–Trinajstić information content (AvgIpc) is 2.65. The topological polar surface area (TPSA) is 35.6 Å². The van der Waals surface area contributed by atoms with Crippen molar-refractivity contribution in [2.75, 3.05) is 32.7 Å². The van der Waals surface area contributed by atoms with Crippen molar-refractivity contribution in [3.05, 3.63) is 47.3 Å². The van der Waals surface area contributed by atoms with Gasteiger partial charge in [-0.05, 0) is 38.2 Å². The van der Waals surface area contributed by atoms with E-state index in [1.165, 1.54) is 37.3 Å². The summed E-state index contributed by atoms with van der Waals surface area (Å²) in [5, 5.41) is 3.04. The van der Waals surface area contributed by atoms with Gasteiger partial charge in [-0.15, -0.1) is 0 Å². The molecule has 0 bridgehead atoms. The molecule has 1 fully saturated rings. The van der Waals surface area contributed by atoms with E-state index in [1.807, 2.05) is 17.0 Å². The normalized spacial score (nSPS) is 18.8. The molecule has 1 aliphatic heterocycles. The molecule has 3 rings (SSSR count). The van der Waals surface area contributed by atoms with Crippen LogP contribution in [-0.2, 0) is 6.54 Å². The van der Waals surface area contributed by atoms with Crippen LogP contribution < -0.4 is 5.32 Å². The maximum atomic E-state index is 13.7. The van der Waals surface area contributed by atoms with Gasteiger partial charge in [0.2, 0.25) is 0 Å². The monoisotopic (exact) mass is 345 g/mol. The Morgan fingerprint density at radius 1 is 1.12 bits per heavy atom. The Morgan fingerprint density at radius 3 is 2.64 bits per heavy atom. The number of halogens is 1. The van der Waals surface area contributed by atoms with Gasteiger partial charge in [-0.2, -0.15) is 0 Å². The highest BCUT2D eigenvalue weighted by atomic mass is 19.1. The average molecular weight is 345 g/mol. The van der Waals surface area contributed by atoms with Crippen molar-refractivity contribution in [3.8, 4) is 0 Å². The first-order valence-electron chi connectivity index (χ1n) is 9.39. The highest BCUT2D eigenvalue weighted by molar-refractivity contribution is 5.74. The summed E-state index contributed by atoms with van der Waals surface area (Å²) in [5.74, 6) is -0.153. The molecule has 0 spiro atoms. The van der Waals surface area contributed by atoms with Crippen molar-refractivity contribution in [2.45, 2.75) is 38.6 Å². The van der Waals surface area contributed by atoms with Gasteiger partial charge in [0.1, 0.15) is 5.82 Å². The third-order valence-corrected chi connectivity index (χ3v) is 5.12. The molecule has 0 unspecified atom stereocenters. The van der Waals surface area contributed by atoms with Crippen LogP contribution in [0.25, 0.3) is 0 Å². The van der Waals surface area contributed by atoms with Crippen LogP contribution in [0.1, 0.15) is 37.7 Å². The number of urea groups is 1. The van der Waals surface area contributed by atoms with E-state index in [4.69, 9.17) is 0 Å². The molecule has 136 valence electrons. The van der Waals surface area contributed by atoms with E-state index in [2.05, 4.69) is 16.3 Å². The Morgan fingerprint density at radius 2 is 1.92 bits per heavy atom. The maximum Gasteiger partial charge on any atom is 0.317 e. The number of piperazine rings is 1. The third-order valence-electron chi connectivity index (χ3n) is 5.12. The van der Waals surface area contributed by atoms with Crippen LogP contribution >= 0.6 is 0 Å². The van der Waals surface area contributed by atoms with E-state index in [0.717, 1.165) is 31.6 Å². The predicted octanol–water partition coefficient (Wildman–Crippen LogP) is 3.54. The first-order valence-corrected chi connectivity index (χ1v) is 9.39. The molecular formula is C20H28FN3O. The second-order valence-corrected chi connectivity index (χ2v) is 6.94. The number of hydrogen-bond acceptors (Lipinski definition) is 2. The number of amides is 2. The van der Waals surface area contributed by atoms with Crippen molar-refractivity contribution in [1.82, 2.24) is 15.1 Å². The lowest BCUT2D eigenvalue weighted by Gasteiger charge is -2.34. The highest BCUT2D eigenvalue weighted by Crippen LogP contribution is 2.19. The minimum Gasteiger partial charge on any atom is -0.338 e. The lowest BCUT2D eigenvalue weighted by Crippen LogP contribution is -2.51. The summed E-state index contributed by atoms with van der Waals surface area (Å²) in [6.45, 7) is 4.29. The van der Waals surface area contributed by atoms with E-state index in [-0.39, 0.29) is 11.8 Å². The first-order chi connectivity index (χ1) is 12.2. The molecule has 1 aromatic carbocycles. The number of nitrogens with one attached hydrogen (secondary N) is 1. The molecule has 0 aromatic heterocycles. The van der Waals surface area contributed by atoms with Gasteiger partial charge in [-0.1, -0.05) is 29.8 Å². The summed E-state index contributed by atoms with van der Waals surface area (Å²) in [6, 6.07) is 6.94. The summed E-state index contributed by atoms with van der Waals surface area (Å²) in [5.41, 5.74) is 2.21. The molecule has 1 saturated heterocycles. The number of benzene rings is 1. The van der Waals surface area contributed by atoms with Crippen molar-refractivity contribution in [2.24, 2.45) is 0 Å². The number of carbonyl (C=O) groups is 1. The van der Waals surface area contributed by atoms with Gasteiger partial charge < -0.3 is 10.2 Å². The van der Waals surface area contributed by atoms with E-state index < -0.39 is 0 Å². The SMILES string of the molecule is O=C(NCCC1=CCCCC1)N1CCN(Cc2ccccc2F)CC1. The second kappa shape index (κ2) is 8.99. The van der Waals surface area contributed by atoms with E-state index >= 15 is 0 Å². The molecule has 0 atom stereocenters. The van der Waals surface area contributed by atoms with Crippen molar-refractivity contribution < 1.29 is 9.18 Å². The van der Waals surface area contributed by atoms with Crippen LogP contribution in [0.4, 0.5) is 9.18 Å². The van der Waals surface area contributed by atoms with Crippen molar-refractivity contribution in [3.63, 3.8) is 0 Å². The zero-order chi connectivity index (χ0) is 17.5. The quantitative estimate of drug-likeness (QED) is 0.829. The highest BCUT2D eigenvalue weighted by Gasteiger charge is 2.21. The molecule has 1 aromatic rings. The van der Waals surface area contributed by atoms with Crippen molar-refractivity contribution in [1.29, 1.82) is 0 Å². The van der Waals surface area contributed by atoms with Gasteiger partial charge in [0.25, 0.3) is 0 Å². The molecular weight excluding hydrogens is 317 g/mol. The number of hydrogen-bond donors (Lipinski definition) is 1. The summed E-state index contributed by atoms with van der Waals surface area (Å²) >= 11 is 0. The van der Waals surface area contributed by atoms with Crippen LogP contribution in [0, 0.1) is 5.82 Å². The summed E-state index contributed by atoms with van der Waals surface area (Å²) in [7, 11) is 0. The van der Waals surface area contributed by atoms with Gasteiger partial charge >= 0.3 is 6.03 Å². The molecule has 1 N–H and O–H groups in total. The largest absolute Gasteiger partial charge is 0.338 e. The smallest absolute Gasteiger partial charge is 0.317 e. The summed E-state index contributed by atoms with van der Waals surface area (Å²) in [6.07, 6.45) is 8.25. The van der Waals surface area contributed by atoms with Gasteiger partial charge in [0.15, 0.2) is 0 Å². The Bertz CT molecular complexity index is 609. The van der Waals surface area contributed by atoms with Crippen LogP contribution in [0.15, 0.2) is 35.9 Å². The lowest BCUT2D eigenvalue weighted by molar-refractivity contribution is 0.134. The zero-order valence-electron chi connectivity index (χ0n) is 14.8. The number of carbonyl (C=O) groups excluding carboxylic acids is 1. The summed E-state index contributed by atoms with van der Waals surface area (Å²) in [4.78, 5) is 16.3. The van der Waals surface area contributed by atoms with Gasteiger partial charge in [-0.3, -0.25) is 4.90 Å². The third kappa shape index (κ3) is 5.30. The molecule has 1 heterocycles. The second-order valence-electron chi connectivity index (χ2n) is 6.94. The first kappa shape index (κ1) is 17.9. The summed E-state index contributed by atoms with van der Waals surface area (Å²) < 4.78 is 13.7. The standard InChI is InChI=1S/C20H28FN3O/c21-19-9-5-4-8-18(19)16-23-12-14-24(15-13-23)20(25)22-11-10-17-6-2-1-3-7-17/h4-6,8-9H,1-3,7,10-16H2,(H,22,25). The molecule has 2 amide bonds. The van der Waals surface area contributed by atoms with Crippen LogP contribution in [0.2, 0.25) is 0 Å². The molecule has 2 aliphatic rings.